The minimum Gasteiger partial charge on any atom is -0.392 e. The van der Waals surface area contributed by atoms with Gasteiger partial charge in [0, 0.05) is 31.0 Å². The third kappa shape index (κ3) is 5.59. The Morgan fingerprint density at radius 3 is 2.78 bits per heavy atom. The van der Waals surface area contributed by atoms with E-state index in [0.29, 0.717) is 24.6 Å². The van der Waals surface area contributed by atoms with Crippen molar-refractivity contribution in [2.75, 3.05) is 18.4 Å². The maximum atomic E-state index is 12.2. The van der Waals surface area contributed by atoms with Crippen LogP contribution in [0.1, 0.15) is 25.3 Å². The van der Waals surface area contributed by atoms with Crippen molar-refractivity contribution in [1.82, 2.24) is 15.6 Å². The average Bonchev–Trinajstić information content (AvgIpc) is 3.28. The van der Waals surface area contributed by atoms with E-state index in [1.54, 1.807) is 0 Å². The molecule has 2 atom stereocenters. The van der Waals surface area contributed by atoms with Gasteiger partial charge < -0.3 is 21.1 Å². The third-order valence-electron chi connectivity index (χ3n) is 4.42. The number of aromatic nitrogens is 1. The molecule has 2 unspecified atom stereocenters. The summed E-state index contributed by atoms with van der Waals surface area (Å²) in [6.07, 6.45) is 1.76. The van der Waals surface area contributed by atoms with Crippen LogP contribution in [0.2, 0.25) is 0 Å². The number of aliphatic hydroxyl groups is 1. The van der Waals surface area contributed by atoms with Crippen LogP contribution in [-0.2, 0) is 16.0 Å². The molecule has 2 amide bonds. The number of nitrogens with zero attached hydrogens (tertiary/aromatic N) is 1. The van der Waals surface area contributed by atoms with Gasteiger partial charge in [0.05, 0.1) is 17.8 Å². The van der Waals surface area contributed by atoms with Crippen LogP contribution in [0.5, 0.6) is 0 Å². The van der Waals surface area contributed by atoms with Crippen LogP contribution in [-0.4, -0.2) is 47.1 Å². The fourth-order valence-corrected chi connectivity index (χ4v) is 3.69. The predicted octanol–water partition coefficient (Wildman–Crippen LogP) is 1.54. The van der Waals surface area contributed by atoms with Crippen LogP contribution in [0.15, 0.2) is 29.6 Å². The van der Waals surface area contributed by atoms with E-state index >= 15 is 0 Å². The second-order valence-corrected chi connectivity index (χ2v) is 7.52. The number of carbonyl (C=O) groups excluding carboxylic acids is 2. The van der Waals surface area contributed by atoms with Gasteiger partial charge in [-0.15, -0.1) is 11.3 Å². The number of carbonyl (C=O) groups is 2. The Bertz CT molecular complexity index is 791. The van der Waals surface area contributed by atoms with E-state index in [1.165, 1.54) is 23.8 Å². The van der Waals surface area contributed by atoms with Gasteiger partial charge in [-0.05, 0) is 24.8 Å². The van der Waals surface area contributed by atoms with Gasteiger partial charge in [-0.3, -0.25) is 9.59 Å². The fourth-order valence-electron chi connectivity index (χ4n) is 2.97. The zero-order valence-corrected chi connectivity index (χ0v) is 16.0. The first-order valence-electron chi connectivity index (χ1n) is 9.03. The first-order valence-corrected chi connectivity index (χ1v) is 9.91. The van der Waals surface area contributed by atoms with E-state index < -0.39 is 6.10 Å². The number of nitrogens with one attached hydrogen (secondary N) is 3. The van der Waals surface area contributed by atoms with E-state index in [9.17, 15) is 14.7 Å². The van der Waals surface area contributed by atoms with E-state index in [2.05, 4.69) is 33.1 Å². The van der Waals surface area contributed by atoms with E-state index in [4.69, 9.17) is 0 Å². The largest absolute Gasteiger partial charge is 0.392 e. The lowest BCUT2D eigenvalue weighted by Gasteiger charge is -2.08. The Hall–Kier alpha value is -2.29. The Balaban J connectivity index is 1.53. The number of aryl methyl sites for hydroxylation is 1. The Labute approximate surface area is 162 Å². The maximum absolute atomic E-state index is 12.2. The van der Waals surface area contributed by atoms with Gasteiger partial charge in [-0.25, -0.2) is 4.98 Å². The second kappa shape index (κ2) is 9.07. The van der Waals surface area contributed by atoms with Crippen LogP contribution in [0, 0.1) is 0 Å². The number of thiazole rings is 1. The minimum atomic E-state index is -0.468. The van der Waals surface area contributed by atoms with Crippen molar-refractivity contribution in [1.29, 1.82) is 0 Å². The monoisotopic (exact) mass is 388 g/mol. The summed E-state index contributed by atoms with van der Waals surface area (Å²) in [7, 11) is 0. The lowest BCUT2D eigenvalue weighted by atomic mass is 10.1. The lowest BCUT2D eigenvalue weighted by molar-refractivity contribution is -0.119. The molecule has 1 fully saturated rings. The molecule has 1 saturated heterocycles. The van der Waals surface area contributed by atoms with Crippen molar-refractivity contribution >= 4 is 28.3 Å². The normalized spacial score (nSPS) is 19.0. The molecule has 0 saturated carbocycles. The summed E-state index contributed by atoms with van der Waals surface area (Å²) in [6, 6.07) is 7.78. The van der Waals surface area contributed by atoms with E-state index in [0.717, 1.165) is 24.1 Å². The van der Waals surface area contributed by atoms with E-state index in [1.807, 2.05) is 17.5 Å². The summed E-state index contributed by atoms with van der Waals surface area (Å²) in [5, 5.41) is 20.6. The smallest absolute Gasteiger partial charge is 0.243 e. The second-order valence-electron chi connectivity index (χ2n) is 6.66. The molecule has 0 aliphatic carbocycles. The molecule has 27 heavy (non-hydrogen) atoms. The molecule has 0 spiro atoms. The molecule has 0 bridgehead atoms. The van der Waals surface area contributed by atoms with Crippen molar-refractivity contribution in [3.8, 4) is 11.3 Å². The average molecular weight is 388 g/mol. The maximum Gasteiger partial charge on any atom is 0.243 e. The zero-order chi connectivity index (χ0) is 19.2. The number of benzene rings is 1. The van der Waals surface area contributed by atoms with Crippen molar-refractivity contribution in [2.45, 2.75) is 38.3 Å². The highest BCUT2D eigenvalue weighted by atomic mass is 32.1. The van der Waals surface area contributed by atoms with Crippen molar-refractivity contribution in [3.05, 3.63) is 35.2 Å². The van der Waals surface area contributed by atoms with Crippen molar-refractivity contribution in [2.24, 2.45) is 0 Å². The van der Waals surface area contributed by atoms with Gasteiger partial charge in [0.15, 0.2) is 5.13 Å². The van der Waals surface area contributed by atoms with Crippen molar-refractivity contribution in [3.63, 3.8) is 0 Å². The molecule has 3 rings (SSSR count). The standard InChI is InChI=1S/C19H24N4O3S/c1-12(24)20-8-2-3-13-4-6-14(7-5-13)17-11-27-19(22-17)23-18(26)16-9-15(25)10-21-16/h4-7,11,15-16,21,25H,2-3,8-10H2,1H3,(H,20,24)(H,22,23,26). The molecule has 2 heterocycles. The molecular weight excluding hydrogens is 364 g/mol. The first-order chi connectivity index (χ1) is 13.0. The van der Waals surface area contributed by atoms with Crippen LogP contribution in [0.25, 0.3) is 11.3 Å². The van der Waals surface area contributed by atoms with Gasteiger partial charge >= 0.3 is 0 Å². The SMILES string of the molecule is CC(=O)NCCCc1ccc(-c2csc(NC(=O)C3CC(O)CN3)n2)cc1. The highest BCUT2D eigenvalue weighted by Crippen LogP contribution is 2.25. The summed E-state index contributed by atoms with van der Waals surface area (Å²) in [6.45, 7) is 2.64. The fraction of sp³-hybridized carbons (Fsp3) is 0.421. The number of rotatable bonds is 7. The predicted molar refractivity (Wildman–Crippen MR) is 106 cm³/mol. The minimum absolute atomic E-state index is 0.00309. The molecule has 2 aromatic rings. The summed E-state index contributed by atoms with van der Waals surface area (Å²) in [4.78, 5) is 27.5. The molecule has 1 aliphatic heterocycles. The number of amides is 2. The summed E-state index contributed by atoms with van der Waals surface area (Å²) in [5.74, 6) is -0.168. The van der Waals surface area contributed by atoms with Crippen LogP contribution in [0.3, 0.4) is 0 Å². The van der Waals surface area contributed by atoms with Gasteiger partial charge in [-0.1, -0.05) is 24.3 Å². The molecule has 1 aromatic heterocycles. The Morgan fingerprint density at radius 2 is 2.11 bits per heavy atom. The molecule has 1 aromatic carbocycles. The molecule has 4 N–H and O–H groups in total. The number of aliphatic hydroxyl groups excluding tert-OH is 1. The quantitative estimate of drug-likeness (QED) is 0.539. The molecular formula is C19H24N4O3S. The first kappa shape index (κ1) is 19.5. The Kier molecular flexibility index (Phi) is 6.54. The van der Waals surface area contributed by atoms with Crippen LogP contribution in [0.4, 0.5) is 5.13 Å². The lowest BCUT2D eigenvalue weighted by Crippen LogP contribution is -2.35. The molecule has 8 heteroatoms. The van der Waals surface area contributed by atoms with Crippen LogP contribution >= 0.6 is 11.3 Å². The summed E-state index contributed by atoms with van der Waals surface area (Å²) in [5.41, 5.74) is 3.02. The number of β-amino-alcohol motifs (C(OH)–C–C–N with tert-alkyl or cyclic N) is 1. The number of anilines is 1. The summed E-state index contributed by atoms with van der Waals surface area (Å²) >= 11 is 1.38. The van der Waals surface area contributed by atoms with Gasteiger partial charge in [0.1, 0.15) is 0 Å². The van der Waals surface area contributed by atoms with Gasteiger partial charge in [-0.2, -0.15) is 0 Å². The number of hydrogen-bond donors (Lipinski definition) is 4. The van der Waals surface area contributed by atoms with Crippen LogP contribution < -0.4 is 16.0 Å². The topological polar surface area (TPSA) is 103 Å². The van der Waals surface area contributed by atoms with E-state index in [-0.39, 0.29) is 17.9 Å². The highest BCUT2D eigenvalue weighted by molar-refractivity contribution is 7.14. The molecule has 7 nitrogen and oxygen atoms in total. The highest BCUT2D eigenvalue weighted by Gasteiger charge is 2.28. The Morgan fingerprint density at radius 1 is 1.33 bits per heavy atom. The van der Waals surface area contributed by atoms with Crippen molar-refractivity contribution < 1.29 is 14.7 Å². The third-order valence-corrected chi connectivity index (χ3v) is 5.18. The molecule has 1 aliphatic rings. The zero-order valence-electron chi connectivity index (χ0n) is 15.2. The van der Waals surface area contributed by atoms with Gasteiger partial charge in [0.25, 0.3) is 0 Å². The molecule has 144 valence electrons. The van der Waals surface area contributed by atoms with Gasteiger partial charge in [0.2, 0.25) is 11.8 Å². The number of hydrogen-bond acceptors (Lipinski definition) is 6. The molecule has 0 radical (unpaired) electrons. The summed E-state index contributed by atoms with van der Waals surface area (Å²) < 4.78 is 0.